The van der Waals surface area contributed by atoms with Gasteiger partial charge in [-0.05, 0) is 36.4 Å². The first-order valence-electron chi connectivity index (χ1n) is 6.30. The van der Waals surface area contributed by atoms with Crippen LogP contribution in [0.2, 0.25) is 0 Å². The van der Waals surface area contributed by atoms with Gasteiger partial charge >= 0.3 is 0 Å². The van der Waals surface area contributed by atoms with E-state index in [-0.39, 0.29) is 0 Å². The summed E-state index contributed by atoms with van der Waals surface area (Å²) in [5, 5.41) is 12.4. The molecule has 2 aromatic carbocycles. The molecule has 0 fully saturated rings. The highest BCUT2D eigenvalue weighted by atomic mass is 16.5. The highest BCUT2D eigenvalue weighted by Crippen LogP contribution is 2.25. The number of nitrogens with zero attached hydrogens (tertiary/aromatic N) is 1. The Kier molecular flexibility index (Phi) is 4.54. The molecule has 0 aliphatic carbocycles. The number of ether oxygens (including phenoxy) is 1. The fraction of sp³-hybridized carbons (Fsp3) is 0.188. The summed E-state index contributed by atoms with van der Waals surface area (Å²) < 4.78 is 5.72. The van der Waals surface area contributed by atoms with E-state index in [1.165, 1.54) is 0 Å². The van der Waals surface area contributed by atoms with Gasteiger partial charge in [0.05, 0.1) is 5.56 Å². The van der Waals surface area contributed by atoms with Crippen LogP contribution in [0.4, 0.5) is 0 Å². The third-order valence-electron chi connectivity index (χ3n) is 2.71. The SMILES string of the molecule is CCNCc1ccc(Oc2ccccc2)c(C#N)c1. The van der Waals surface area contributed by atoms with E-state index in [9.17, 15) is 5.26 Å². The highest BCUT2D eigenvalue weighted by molar-refractivity contribution is 5.47. The molecule has 0 radical (unpaired) electrons. The molecule has 2 aromatic rings. The maximum absolute atomic E-state index is 9.20. The van der Waals surface area contributed by atoms with Gasteiger partial charge in [-0.2, -0.15) is 5.26 Å². The third-order valence-corrected chi connectivity index (χ3v) is 2.71. The van der Waals surface area contributed by atoms with Crippen LogP contribution >= 0.6 is 0 Å². The molecule has 3 nitrogen and oxygen atoms in total. The second kappa shape index (κ2) is 6.58. The van der Waals surface area contributed by atoms with Crippen molar-refractivity contribution in [1.29, 1.82) is 5.26 Å². The average Bonchev–Trinajstić information content (AvgIpc) is 2.47. The van der Waals surface area contributed by atoms with Crippen molar-refractivity contribution in [3.05, 3.63) is 59.7 Å². The van der Waals surface area contributed by atoms with Crippen molar-refractivity contribution in [3.63, 3.8) is 0 Å². The molecule has 19 heavy (non-hydrogen) atoms. The number of hydrogen-bond acceptors (Lipinski definition) is 3. The van der Waals surface area contributed by atoms with E-state index in [0.29, 0.717) is 11.3 Å². The first-order chi connectivity index (χ1) is 9.33. The minimum Gasteiger partial charge on any atom is -0.456 e. The third kappa shape index (κ3) is 3.57. The predicted molar refractivity (Wildman–Crippen MR) is 75.1 cm³/mol. The molecule has 0 amide bonds. The lowest BCUT2D eigenvalue weighted by Crippen LogP contribution is -2.11. The molecule has 0 aliphatic rings. The number of nitriles is 1. The zero-order valence-electron chi connectivity index (χ0n) is 10.9. The predicted octanol–water partition coefficient (Wildman–Crippen LogP) is 3.46. The van der Waals surface area contributed by atoms with Gasteiger partial charge in [-0.1, -0.05) is 31.2 Å². The minimum absolute atomic E-state index is 0.555. The maximum Gasteiger partial charge on any atom is 0.145 e. The number of rotatable bonds is 5. The molecule has 1 N–H and O–H groups in total. The van der Waals surface area contributed by atoms with Crippen LogP contribution in [-0.4, -0.2) is 6.54 Å². The fourth-order valence-corrected chi connectivity index (χ4v) is 1.75. The second-order valence-electron chi connectivity index (χ2n) is 4.14. The van der Waals surface area contributed by atoms with Gasteiger partial charge in [0, 0.05) is 6.54 Å². The van der Waals surface area contributed by atoms with Gasteiger partial charge in [-0.15, -0.1) is 0 Å². The largest absolute Gasteiger partial charge is 0.456 e. The summed E-state index contributed by atoms with van der Waals surface area (Å²) in [5.41, 5.74) is 1.64. The van der Waals surface area contributed by atoms with E-state index < -0.39 is 0 Å². The molecule has 0 heterocycles. The summed E-state index contributed by atoms with van der Waals surface area (Å²) in [6.07, 6.45) is 0. The Morgan fingerprint density at radius 1 is 1.16 bits per heavy atom. The Morgan fingerprint density at radius 3 is 2.63 bits per heavy atom. The van der Waals surface area contributed by atoms with Crippen molar-refractivity contribution >= 4 is 0 Å². The molecule has 0 aliphatic heterocycles. The quantitative estimate of drug-likeness (QED) is 0.886. The van der Waals surface area contributed by atoms with Crippen molar-refractivity contribution < 1.29 is 4.74 Å². The summed E-state index contributed by atoms with van der Waals surface area (Å²) in [7, 11) is 0. The first-order valence-corrected chi connectivity index (χ1v) is 6.30. The van der Waals surface area contributed by atoms with Crippen LogP contribution in [0.25, 0.3) is 0 Å². The van der Waals surface area contributed by atoms with E-state index in [2.05, 4.69) is 18.3 Å². The van der Waals surface area contributed by atoms with Gasteiger partial charge in [-0.3, -0.25) is 0 Å². The van der Waals surface area contributed by atoms with E-state index >= 15 is 0 Å². The highest BCUT2D eigenvalue weighted by Gasteiger charge is 2.05. The molecule has 0 saturated heterocycles. The summed E-state index contributed by atoms with van der Waals surface area (Å²) in [4.78, 5) is 0. The lowest BCUT2D eigenvalue weighted by atomic mass is 10.1. The molecular weight excluding hydrogens is 236 g/mol. The summed E-state index contributed by atoms with van der Waals surface area (Å²) in [6.45, 7) is 3.72. The van der Waals surface area contributed by atoms with Crippen molar-refractivity contribution in [2.45, 2.75) is 13.5 Å². The normalized spacial score (nSPS) is 9.89. The van der Waals surface area contributed by atoms with Crippen LogP contribution in [0.15, 0.2) is 48.5 Å². The number of benzene rings is 2. The van der Waals surface area contributed by atoms with Gasteiger partial charge in [0.1, 0.15) is 17.6 Å². The monoisotopic (exact) mass is 252 g/mol. The van der Waals surface area contributed by atoms with E-state index in [4.69, 9.17) is 4.74 Å². The van der Waals surface area contributed by atoms with E-state index in [0.717, 1.165) is 24.4 Å². The minimum atomic E-state index is 0.555. The van der Waals surface area contributed by atoms with Crippen LogP contribution in [0.3, 0.4) is 0 Å². The number of hydrogen-bond donors (Lipinski definition) is 1. The summed E-state index contributed by atoms with van der Waals surface area (Å²) in [5.74, 6) is 1.33. The molecule has 0 bridgehead atoms. The number of nitrogens with one attached hydrogen (secondary N) is 1. The molecule has 0 spiro atoms. The summed E-state index contributed by atoms with van der Waals surface area (Å²) >= 11 is 0. The fourth-order valence-electron chi connectivity index (χ4n) is 1.75. The Morgan fingerprint density at radius 2 is 1.95 bits per heavy atom. The molecule has 0 atom stereocenters. The Hall–Kier alpha value is -2.31. The lowest BCUT2D eigenvalue weighted by molar-refractivity contribution is 0.480. The van der Waals surface area contributed by atoms with E-state index in [1.807, 2.05) is 48.5 Å². The number of para-hydroxylation sites is 1. The lowest BCUT2D eigenvalue weighted by Gasteiger charge is -2.09. The Bertz CT molecular complexity index is 573. The van der Waals surface area contributed by atoms with Crippen LogP contribution in [-0.2, 0) is 6.54 Å². The van der Waals surface area contributed by atoms with Crippen LogP contribution in [0.1, 0.15) is 18.1 Å². The van der Waals surface area contributed by atoms with E-state index in [1.54, 1.807) is 0 Å². The van der Waals surface area contributed by atoms with Crippen molar-refractivity contribution in [2.24, 2.45) is 0 Å². The van der Waals surface area contributed by atoms with Crippen molar-refractivity contribution in [3.8, 4) is 17.6 Å². The van der Waals surface area contributed by atoms with Crippen LogP contribution < -0.4 is 10.1 Å². The standard InChI is InChI=1S/C16H16N2O/c1-2-18-12-13-8-9-16(14(10-13)11-17)19-15-6-4-3-5-7-15/h3-10,18H,2,12H2,1H3. The topological polar surface area (TPSA) is 45.0 Å². The van der Waals surface area contributed by atoms with Crippen molar-refractivity contribution in [1.82, 2.24) is 5.32 Å². The summed E-state index contributed by atoms with van der Waals surface area (Å²) in [6, 6.07) is 17.3. The Labute approximate surface area is 113 Å². The van der Waals surface area contributed by atoms with Crippen molar-refractivity contribution in [2.75, 3.05) is 6.54 Å². The van der Waals surface area contributed by atoms with Gasteiger partial charge in [0.15, 0.2) is 0 Å². The van der Waals surface area contributed by atoms with Gasteiger partial charge < -0.3 is 10.1 Å². The molecule has 0 unspecified atom stereocenters. The average molecular weight is 252 g/mol. The maximum atomic E-state index is 9.20. The van der Waals surface area contributed by atoms with Crippen LogP contribution in [0.5, 0.6) is 11.5 Å². The Balaban J connectivity index is 2.19. The molecule has 0 aromatic heterocycles. The van der Waals surface area contributed by atoms with Crippen LogP contribution in [0, 0.1) is 11.3 Å². The van der Waals surface area contributed by atoms with Gasteiger partial charge in [-0.25, -0.2) is 0 Å². The smallest absolute Gasteiger partial charge is 0.145 e. The molecule has 0 saturated carbocycles. The molecule has 3 heteroatoms. The second-order valence-corrected chi connectivity index (χ2v) is 4.14. The molecule has 96 valence electrons. The van der Waals surface area contributed by atoms with Gasteiger partial charge in [0.25, 0.3) is 0 Å². The molecular formula is C16H16N2O. The molecule has 2 rings (SSSR count). The first kappa shape index (κ1) is 13.1. The zero-order chi connectivity index (χ0) is 13.5. The zero-order valence-corrected chi connectivity index (χ0v) is 10.9. The van der Waals surface area contributed by atoms with Gasteiger partial charge in [0.2, 0.25) is 0 Å².